The van der Waals surface area contributed by atoms with Crippen LogP contribution in [0.25, 0.3) is 111 Å². The highest BCUT2D eigenvalue weighted by molar-refractivity contribution is 6.19. The van der Waals surface area contributed by atoms with Crippen LogP contribution in [0.15, 0.2) is 185 Å². The molecule has 0 bridgehead atoms. The summed E-state index contributed by atoms with van der Waals surface area (Å²) in [6.45, 7) is 0. The van der Waals surface area contributed by atoms with Gasteiger partial charge in [0.05, 0.1) is 0 Å². The minimum absolute atomic E-state index is 0.566. The third-order valence-electron chi connectivity index (χ3n) is 10.3. The summed E-state index contributed by atoms with van der Waals surface area (Å²) in [5.41, 5.74) is 10.4. The van der Waals surface area contributed by atoms with Crippen LogP contribution in [-0.4, -0.2) is 15.0 Å². The van der Waals surface area contributed by atoms with Gasteiger partial charge in [0.1, 0.15) is 22.3 Å². The number of nitrogens with zero attached hydrogens (tertiary/aromatic N) is 3. The quantitative estimate of drug-likeness (QED) is 0.180. The van der Waals surface area contributed by atoms with E-state index in [-0.39, 0.29) is 0 Å². The summed E-state index contributed by atoms with van der Waals surface area (Å²) in [5.74, 6) is 1.74. The van der Waals surface area contributed by atoms with Crippen molar-refractivity contribution in [1.29, 1.82) is 0 Å². The first-order valence-corrected chi connectivity index (χ1v) is 18.0. The molecule has 5 heteroatoms. The molecule has 0 spiro atoms. The van der Waals surface area contributed by atoms with Crippen LogP contribution in [-0.2, 0) is 0 Å². The van der Waals surface area contributed by atoms with Gasteiger partial charge in [-0.2, -0.15) is 0 Å². The molecule has 8 aromatic carbocycles. The van der Waals surface area contributed by atoms with E-state index in [1.165, 1.54) is 0 Å². The third-order valence-corrected chi connectivity index (χ3v) is 10.3. The normalized spacial score (nSPS) is 11.7. The van der Waals surface area contributed by atoms with Crippen LogP contribution < -0.4 is 0 Å². The summed E-state index contributed by atoms with van der Waals surface area (Å²) < 4.78 is 13.0. The van der Waals surface area contributed by atoms with E-state index in [9.17, 15) is 0 Å². The van der Waals surface area contributed by atoms with E-state index in [0.717, 1.165) is 93.6 Å². The molecule has 11 rings (SSSR count). The monoisotopic (exact) mass is 691 g/mol. The topological polar surface area (TPSA) is 65.0 Å². The second-order valence-corrected chi connectivity index (χ2v) is 13.6. The smallest absolute Gasteiger partial charge is 0.164 e. The summed E-state index contributed by atoms with van der Waals surface area (Å²) in [7, 11) is 0. The van der Waals surface area contributed by atoms with E-state index in [1.807, 2.05) is 36.4 Å². The lowest BCUT2D eigenvalue weighted by Crippen LogP contribution is -2.01. The average molecular weight is 692 g/mol. The fraction of sp³-hybridized carbons (Fsp3) is 0. The fourth-order valence-corrected chi connectivity index (χ4v) is 7.68. The molecule has 11 aromatic rings. The number of benzene rings is 8. The van der Waals surface area contributed by atoms with Crippen LogP contribution in [0.4, 0.5) is 0 Å². The Hall–Kier alpha value is -7.37. The Morgan fingerprint density at radius 3 is 1.54 bits per heavy atom. The van der Waals surface area contributed by atoms with Crippen LogP contribution >= 0.6 is 0 Å². The van der Waals surface area contributed by atoms with Gasteiger partial charge in [-0.3, -0.25) is 0 Å². The molecule has 0 radical (unpaired) electrons. The Morgan fingerprint density at radius 2 is 0.778 bits per heavy atom. The first kappa shape index (κ1) is 30.3. The van der Waals surface area contributed by atoms with Gasteiger partial charge in [0.25, 0.3) is 0 Å². The Labute approximate surface area is 309 Å². The van der Waals surface area contributed by atoms with Crippen molar-refractivity contribution in [3.05, 3.63) is 176 Å². The Bertz CT molecular complexity index is 3220. The van der Waals surface area contributed by atoms with Gasteiger partial charge in [-0.1, -0.05) is 133 Å². The van der Waals surface area contributed by atoms with Crippen LogP contribution in [0.5, 0.6) is 0 Å². The van der Waals surface area contributed by atoms with Gasteiger partial charge >= 0.3 is 0 Å². The maximum absolute atomic E-state index is 6.66. The predicted octanol–water partition coefficient (Wildman–Crippen LogP) is 13.2. The highest BCUT2D eigenvalue weighted by Crippen LogP contribution is 2.41. The Kier molecular flexibility index (Phi) is 6.79. The van der Waals surface area contributed by atoms with Gasteiger partial charge in [-0.25, -0.2) is 15.0 Å². The lowest BCUT2D eigenvalue weighted by molar-refractivity contribution is 0.669. The van der Waals surface area contributed by atoms with Gasteiger partial charge in [-0.15, -0.1) is 0 Å². The zero-order valence-corrected chi connectivity index (χ0v) is 28.9. The van der Waals surface area contributed by atoms with Gasteiger partial charge in [0.2, 0.25) is 0 Å². The number of hydrogen-bond acceptors (Lipinski definition) is 5. The molecular weight excluding hydrogens is 663 g/mol. The van der Waals surface area contributed by atoms with Crippen molar-refractivity contribution in [2.75, 3.05) is 0 Å². The number of para-hydroxylation sites is 1. The zero-order valence-electron chi connectivity index (χ0n) is 28.9. The second-order valence-electron chi connectivity index (χ2n) is 13.6. The molecule has 0 fully saturated rings. The summed E-state index contributed by atoms with van der Waals surface area (Å²) in [4.78, 5) is 15.6. The predicted molar refractivity (Wildman–Crippen MR) is 219 cm³/mol. The Balaban J connectivity index is 1.14. The minimum Gasteiger partial charge on any atom is -0.456 e. The van der Waals surface area contributed by atoms with Gasteiger partial charge in [-0.05, 0) is 70.1 Å². The molecule has 5 nitrogen and oxygen atoms in total. The second kappa shape index (κ2) is 12.1. The van der Waals surface area contributed by atoms with E-state index in [2.05, 4.69) is 140 Å². The molecule has 0 aliphatic carbocycles. The number of rotatable bonds is 5. The molecule has 3 aromatic heterocycles. The van der Waals surface area contributed by atoms with Crippen molar-refractivity contribution in [2.24, 2.45) is 0 Å². The molecule has 0 N–H and O–H groups in total. The van der Waals surface area contributed by atoms with E-state index in [0.29, 0.717) is 17.5 Å². The molecule has 3 heterocycles. The summed E-state index contributed by atoms with van der Waals surface area (Å²) in [6.07, 6.45) is 0. The molecule has 252 valence electrons. The molecule has 0 saturated heterocycles. The van der Waals surface area contributed by atoms with Gasteiger partial charge in [0.15, 0.2) is 17.5 Å². The maximum atomic E-state index is 6.66. The number of aromatic nitrogens is 3. The molecule has 0 aliphatic heterocycles. The zero-order chi connectivity index (χ0) is 35.6. The molecule has 54 heavy (non-hydrogen) atoms. The van der Waals surface area contributed by atoms with E-state index in [4.69, 9.17) is 23.8 Å². The Morgan fingerprint density at radius 1 is 0.278 bits per heavy atom. The summed E-state index contributed by atoms with van der Waals surface area (Å²) in [6, 6.07) is 60.4. The number of hydrogen-bond donors (Lipinski definition) is 0. The van der Waals surface area contributed by atoms with E-state index < -0.39 is 0 Å². The van der Waals surface area contributed by atoms with E-state index in [1.54, 1.807) is 0 Å². The fourth-order valence-electron chi connectivity index (χ4n) is 7.68. The van der Waals surface area contributed by atoms with Crippen molar-refractivity contribution in [2.45, 2.75) is 0 Å². The van der Waals surface area contributed by atoms with Crippen molar-refractivity contribution in [3.63, 3.8) is 0 Å². The van der Waals surface area contributed by atoms with Gasteiger partial charge < -0.3 is 8.83 Å². The molecule has 0 unspecified atom stereocenters. The van der Waals surface area contributed by atoms with Crippen LogP contribution in [0.1, 0.15) is 0 Å². The third kappa shape index (κ3) is 4.98. The first-order chi connectivity index (χ1) is 26.7. The van der Waals surface area contributed by atoms with Crippen LogP contribution in [0, 0.1) is 0 Å². The van der Waals surface area contributed by atoms with E-state index >= 15 is 0 Å². The highest BCUT2D eigenvalue weighted by atomic mass is 16.3. The number of furan rings is 2. The minimum atomic E-state index is 0.566. The first-order valence-electron chi connectivity index (χ1n) is 18.0. The van der Waals surface area contributed by atoms with Crippen LogP contribution in [0.2, 0.25) is 0 Å². The lowest BCUT2D eigenvalue weighted by Gasteiger charge is -2.12. The molecule has 0 saturated carbocycles. The largest absolute Gasteiger partial charge is 0.456 e. The van der Waals surface area contributed by atoms with Crippen molar-refractivity contribution in [1.82, 2.24) is 15.0 Å². The van der Waals surface area contributed by atoms with Crippen molar-refractivity contribution >= 4 is 54.6 Å². The van der Waals surface area contributed by atoms with Crippen LogP contribution in [0.3, 0.4) is 0 Å². The van der Waals surface area contributed by atoms with Crippen molar-refractivity contribution in [3.8, 4) is 56.4 Å². The molecular formula is C49H29N3O2. The summed E-state index contributed by atoms with van der Waals surface area (Å²) in [5, 5.41) is 6.19. The molecule has 0 atom stereocenters. The average Bonchev–Trinajstić information content (AvgIpc) is 3.81. The summed E-state index contributed by atoms with van der Waals surface area (Å²) >= 11 is 0. The number of fused-ring (bicyclic) bond motifs is 8. The highest BCUT2D eigenvalue weighted by Gasteiger charge is 2.20. The maximum Gasteiger partial charge on any atom is 0.164 e. The lowest BCUT2D eigenvalue weighted by atomic mass is 9.98. The van der Waals surface area contributed by atoms with Crippen molar-refractivity contribution < 1.29 is 8.83 Å². The SMILES string of the molecule is c1ccc(-c2cccc(-c3nc(-c4ccc5c(c4)oc4ccccc45)nc(-c4cc5c6ccc(-c7ccccc7)cc6oc5c5ccccc45)n3)c2)cc1. The van der Waals surface area contributed by atoms with Gasteiger partial charge in [0, 0.05) is 43.6 Å². The molecule has 0 amide bonds. The molecule has 0 aliphatic rings. The standard InChI is InChI=1S/C49H29N3O2/c1-3-12-30(13-4-1)32-16-11-17-34(26-32)47-50-48(35-23-25-38-37-19-9-10-21-43(37)53-44(38)28-35)52-49(51-47)42-29-41-39-24-22-33(31-14-5-2-6-15-31)27-45(39)54-46(41)40-20-8-7-18-36(40)42/h1-29H.